The van der Waals surface area contributed by atoms with Crippen molar-refractivity contribution in [1.82, 2.24) is 10.3 Å². The molecule has 6 heteroatoms. The first-order valence-electron chi connectivity index (χ1n) is 7.53. The van der Waals surface area contributed by atoms with Gasteiger partial charge < -0.3 is 10.2 Å². The Bertz CT molecular complexity index is 475. The van der Waals surface area contributed by atoms with Crippen molar-refractivity contribution in [3.63, 3.8) is 0 Å². The molecule has 2 aliphatic heterocycles. The molecule has 2 fully saturated rings. The molecule has 1 aromatic heterocycles. The third-order valence-corrected chi connectivity index (χ3v) is 4.70. The molecule has 3 rings (SSSR count). The SMILES string of the molecule is FC(F)(F)c1cccnc1N1CCC(C2CCNC2)CC1. The molecule has 3 nitrogen and oxygen atoms in total. The summed E-state index contributed by atoms with van der Waals surface area (Å²) >= 11 is 0. The molecule has 3 heterocycles. The molecule has 1 aromatic rings. The fraction of sp³-hybridized carbons (Fsp3) is 0.667. The summed E-state index contributed by atoms with van der Waals surface area (Å²) in [4.78, 5) is 5.78. The molecule has 1 unspecified atom stereocenters. The first-order chi connectivity index (χ1) is 10.1. The molecule has 0 aliphatic carbocycles. The van der Waals surface area contributed by atoms with E-state index in [4.69, 9.17) is 0 Å². The van der Waals surface area contributed by atoms with E-state index in [1.54, 1.807) is 4.90 Å². The molecule has 0 radical (unpaired) electrons. The Kier molecular flexibility index (Phi) is 4.06. The first-order valence-corrected chi connectivity index (χ1v) is 7.53. The van der Waals surface area contributed by atoms with Gasteiger partial charge in [-0.2, -0.15) is 13.2 Å². The molecule has 1 N–H and O–H groups in total. The highest BCUT2D eigenvalue weighted by atomic mass is 19.4. The number of halogens is 3. The number of piperidine rings is 1. The van der Waals surface area contributed by atoms with Gasteiger partial charge in [0.2, 0.25) is 0 Å². The van der Waals surface area contributed by atoms with Crippen molar-refractivity contribution in [2.45, 2.75) is 25.4 Å². The van der Waals surface area contributed by atoms with Gasteiger partial charge in [0.15, 0.2) is 0 Å². The predicted molar refractivity (Wildman–Crippen MR) is 75.2 cm³/mol. The van der Waals surface area contributed by atoms with Gasteiger partial charge >= 0.3 is 6.18 Å². The second-order valence-electron chi connectivity index (χ2n) is 5.95. The highest BCUT2D eigenvalue weighted by Crippen LogP contribution is 2.37. The number of anilines is 1. The number of nitrogens with one attached hydrogen (secondary N) is 1. The third kappa shape index (κ3) is 3.15. The van der Waals surface area contributed by atoms with Crippen LogP contribution in [-0.2, 0) is 6.18 Å². The van der Waals surface area contributed by atoms with E-state index in [-0.39, 0.29) is 5.82 Å². The lowest BCUT2D eigenvalue weighted by Gasteiger charge is -2.36. The van der Waals surface area contributed by atoms with Gasteiger partial charge in [0.25, 0.3) is 0 Å². The Morgan fingerprint density at radius 2 is 1.90 bits per heavy atom. The highest BCUT2D eigenvalue weighted by molar-refractivity contribution is 5.48. The summed E-state index contributed by atoms with van der Waals surface area (Å²) in [6.45, 7) is 3.47. The van der Waals surface area contributed by atoms with Crippen LogP contribution in [0.3, 0.4) is 0 Å². The van der Waals surface area contributed by atoms with Crippen LogP contribution in [0.2, 0.25) is 0 Å². The average Bonchev–Trinajstić information content (AvgIpc) is 3.01. The van der Waals surface area contributed by atoms with Crippen molar-refractivity contribution in [2.24, 2.45) is 11.8 Å². The second kappa shape index (κ2) is 5.83. The van der Waals surface area contributed by atoms with E-state index in [0.29, 0.717) is 24.9 Å². The number of rotatable bonds is 2. The minimum absolute atomic E-state index is 0.0907. The maximum atomic E-state index is 13.1. The normalized spacial score (nSPS) is 24.5. The van der Waals surface area contributed by atoms with E-state index >= 15 is 0 Å². The molecule has 21 heavy (non-hydrogen) atoms. The summed E-state index contributed by atoms with van der Waals surface area (Å²) in [7, 11) is 0. The average molecular weight is 299 g/mol. The van der Waals surface area contributed by atoms with E-state index in [1.165, 1.54) is 18.7 Å². The van der Waals surface area contributed by atoms with Crippen LogP contribution < -0.4 is 10.2 Å². The van der Waals surface area contributed by atoms with Crippen LogP contribution in [0.5, 0.6) is 0 Å². The van der Waals surface area contributed by atoms with Crippen molar-refractivity contribution in [3.8, 4) is 0 Å². The van der Waals surface area contributed by atoms with Crippen LogP contribution >= 0.6 is 0 Å². The second-order valence-corrected chi connectivity index (χ2v) is 5.95. The molecule has 0 spiro atoms. The third-order valence-electron chi connectivity index (χ3n) is 4.70. The standard InChI is InChI=1S/C15H20F3N3/c16-15(17,18)13-2-1-6-20-14(13)21-8-4-11(5-9-21)12-3-7-19-10-12/h1-2,6,11-12,19H,3-5,7-10H2. The number of hydrogen-bond acceptors (Lipinski definition) is 3. The van der Waals surface area contributed by atoms with Gasteiger partial charge in [-0.05, 0) is 56.3 Å². The van der Waals surface area contributed by atoms with E-state index in [0.717, 1.165) is 32.0 Å². The minimum atomic E-state index is -4.34. The van der Waals surface area contributed by atoms with E-state index in [9.17, 15) is 13.2 Å². The van der Waals surface area contributed by atoms with Crippen molar-refractivity contribution in [3.05, 3.63) is 23.9 Å². The fourth-order valence-corrected chi connectivity index (χ4v) is 3.53. The molecular formula is C15H20F3N3. The van der Waals surface area contributed by atoms with Gasteiger partial charge in [-0.15, -0.1) is 0 Å². The lowest BCUT2D eigenvalue weighted by molar-refractivity contribution is -0.137. The van der Waals surface area contributed by atoms with E-state index < -0.39 is 11.7 Å². The van der Waals surface area contributed by atoms with E-state index in [2.05, 4.69) is 10.3 Å². The van der Waals surface area contributed by atoms with Gasteiger partial charge in [-0.3, -0.25) is 0 Å². The molecular weight excluding hydrogens is 279 g/mol. The molecule has 1 atom stereocenters. The Hall–Kier alpha value is -1.30. The Labute approximate surface area is 122 Å². The van der Waals surface area contributed by atoms with Crippen LogP contribution in [0.4, 0.5) is 19.0 Å². The number of aromatic nitrogens is 1. The van der Waals surface area contributed by atoms with Gasteiger partial charge in [0.05, 0.1) is 5.56 Å². The Morgan fingerprint density at radius 1 is 1.14 bits per heavy atom. The van der Waals surface area contributed by atoms with Crippen LogP contribution in [0, 0.1) is 11.8 Å². The summed E-state index contributed by atoms with van der Waals surface area (Å²) in [6.07, 6.45) is 0.218. The molecule has 0 aromatic carbocycles. The van der Waals surface area contributed by atoms with E-state index in [1.807, 2.05) is 0 Å². The van der Waals surface area contributed by atoms with Gasteiger partial charge in [0.1, 0.15) is 5.82 Å². The number of alkyl halides is 3. The van der Waals surface area contributed by atoms with Crippen LogP contribution in [0.1, 0.15) is 24.8 Å². The number of pyridine rings is 1. The largest absolute Gasteiger partial charge is 0.419 e. The summed E-state index contributed by atoms with van der Waals surface area (Å²) < 4.78 is 39.2. The molecule has 116 valence electrons. The maximum absolute atomic E-state index is 13.1. The molecule has 2 aliphatic rings. The molecule has 0 saturated carbocycles. The zero-order chi connectivity index (χ0) is 14.9. The topological polar surface area (TPSA) is 28.2 Å². The summed E-state index contributed by atoms with van der Waals surface area (Å²) in [5.74, 6) is 1.42. The van der Waals surface area contributed by atoms with Crippen molar-refractivity contribution in [2.75, 3.05) is 31.1 Å². The first kappa shape index (κ1) is 14.6. The molecule has 0 amide bonds. The Balaban J connectivity index is 1.69. The fourth-order valence-electron chi connectivity index (χ4n) is 3.53. The van der Waals surface area contributed by atoms with Crippen LogP contribution in [-0.4, -0.2) is 31.2 Å². The number of nitrogens with zero attached hydrogens (tertiary/aromatic N) is 2. The monoisotopic (exact) mass is 299 g/mol. The summed E-state index contributed by atoms with van der Waals surface area (Å²) in [5, 5.41) is 3.37. The zero-order valence-corrected chi connectivity index (χ0v) is 11.9. The molecule has 0 bridgehead atoms. The quantitative estimate of drug-likeness (QED) is 0.910. The van der Waals surface area contributed by atoms with Crippen molar-refractivity contribution < 1.29 is 13.2 Å². The smallest absolute Gasteiger partial charge is 0.356 e. The summed E-state index contributed by atoms with van der Waals surface area (Å²) in [5.41, 5.74) is -0.619. The van der Waals surface area contributed by atoms with Gasteiger partial charge in [-0.1, -0.05) is 0 Å². The molecule has 2 saturated heterocycles. The Morgan fingerprint density at radius 3 is 2.52 bits per heavy atom. The van der Waals surface area contributed by atoms with Crippen molar-refractivity contribution >= 4 is 5.82 Å². The van der Waals surface area contributed by atoms with Gasteiger partial charge in [-0.25, -0.2) is 4.98 Å². The zero-order valence-electron chi connectivity index (χ0n) is 11.9. The van der Waals surface area contributed by atoms with Crippen LogP contribution in [0.15, 0.2) is 18.3 Å². The van der Waals surface area contributed by atoms with Gasteiger partial charge in [0, 0.05) is 19.3 Å². The van der Waals surface area contributed by atoms with Crippen molar-refractivity contribution in [1.29, 1.82) is 0 Å². The summed E-state index contributed by atoms with van der Waals surface area (Å²) in [6, 6.07) is 2.47. The number of hydrogen-bond donors (Lipinski definition) is 1. The lowest BCUT2D eigenvalue weighted by Crippen LogP contribution is -2.38. The minimum Gasteiger partial charge on any atom is -0.356 e. The van der Waals surface area contributed by atoms with Crippen LogP contribution in [0.25, 0.3) is 0 Å². The maximum Gasteiger partial charge on any atom is 0.419 e. The highest BCUT2D eigenvalue weighted by Gasteiger charge is 2.37. The lowest BCUT2D eigenvalue weighted by atomic mass is 9.84. The predicted octanol–water partition coefficient (Wildman–Crippen LogP) is 2.93.